The number of fused-ring (bicyclic) bond motifs is 1. The highest BCUT2D eigenvalue weighted by Crippen LogP contribution is 2.27. The fraction of sp³-hybridized carbons (Fsp3) is 0.500. The Kier molecular flexibility index (Phi) is 5.67. The first-order valence-electron chi connectivity index (χ1n) is 7.37. The monoisotopic (exact) mass is 307 g/mol. The van der Waals surface area contributed by atoms with Crippen LogP contribution in [0, 0.1) is 0 Å². The van der Waals surface area contributed by atoms with E-state index in [0.717, 1.165) is 24.2 Å². The van der Waals surface area contributed by atoms with Gasteiger partial charge in [0.05, 0.1) is 5.75 Å². The number of rotatable bonds is 7. The van der Waals surface area contributed by atoms with Crippen molar-refractivity contribution in [2.45, 2.75) is 50.0 Å². The van der Waals surface area contributed by atoms with Crippen molar-refractivity contribution in [3.8, 4) is 0 Å². The average Bonchev–Trinajstić information content (AvgIpc) is 2.92. The fourth-order valence-corrected chi connectivity index (χ4v) is 3.34. The molecule has 0 heterocycles. The minimum atomic E-state index is -0.965. The number of amides is 1. The summed E-state index contributed by atoms with van der Waals surface area (Å²) >= 11 is 1.46. The van der Waals surface area contributed by atoms with Crippen molar-refractivity contribution >= 4 is 23.6 Å². The van der Waals surface area contributed by atoms with Gasteiger partial charge in [0.25, 0.3) is 0 Å². The largest absolute Gasteiger partial charge is 0.480 e. The summed E-state index contributed by atoms with van der Waals surface area (Å²) in [4.78, 5) is 23.9. The summed E-state index contributed by atoms with van der Waals surface area (Å²) in [5.41, 5.74) is 2.80. The molecule has 0 unspecified atom stereocenters. The number of aliphatic carboxylic acids is 1. The second-order valence-corrected chi connectivity index (χ2v) is 6.37. The predicted octanol–water partition coefficient (Wildman–Crippen LogP) is 2.64. The van der Waals surface area contributed by atoms with Gasteiger partial charge in [-0.25, -0.2) is 4.79 Å². The van der Waals surface area contributed by atoms with E-state index in [4.69, 9.17) is 5.11 Å². The molecular weight excluding hydrogens is 286 g/mol. The summed E-state index contributed by atoms with van der Waals surface area (Å²) in [5, 5.41) is 11.6. The first kappa shape index (κ1) is 15.9. The molecule has 0 bridgehead atoms. The molecule has 21 heavy (non-hydrogen) atoms. The van der Waals surface area contributed by atoms with E-state index in [2.05, 4.69) is 17.4 Å². The topological polar surface area (TPSA) is 66.4 Å². The van der Waals surface area contributed by atoms with Crippen LogP contribution in [0.3, 0.4) is 0 Å². The lowest BCUT2D eigenvalue weighted by Gasteiger charge is -2.13. The molecule has 1 aromatic carbocycles. The number of hydrogen-bond acceptors (Lipinski definition) is 3. The van der Waals surface area contributed by atoms with E-state index in [9.17, 15) is 9.59 Å². The van der Waals surface area contributed by atoms with Gasteiger partial charge in [0.15, 0.2) is 0 Å². The highest BCUT2D eigenvalue weighted by molar-refractivity contribution is 8.00. The molecule has 1 aliphatic rings. The third-order valence-corrected chi connectivity index (χ3v) is 4.64. The van der Waals surface area contributed by atoms with E-state index in [1.165, 1.54) is 29.3 Å². The SMILES string of the molecule is CCC[C@@H](NC(=O)CSc1ccc2c(c1)CCC2)C(=O)O. The summed E-state index contributed by atoms with van der Waals surface area (Å²) in [6, 6.07) is 5.56. The van der Waals surface area contributed by atoms with Crippen LogP contribution >= 0.6 is 11.8 Å². The molecule has 0 saturated heterocycles. The Morgan fingerprint density at radius 3 is 2.81 bits per heavy atom. The third kappa shape index (κ3) is 4.49. The van der Waals surface area contributed by atoms with E-state index in [1.54, 1.807) is 0 Å². The number of carboxylic acids is 1. The Balaban J connectivity index is 1.84. The molecule has 114 valence electrons. The molecule has 1 amide bonds. The molecule has 5 heteroatoms. The molecule has 4 nitrogen and oxygen atoms in total. The zero-order valence-electron chi connectivity index (χ0n) is 12.2. The van der Waals surface area contributed by atoms with Crippen molar-refractivity contribution in [2.75, 3.05) is 5.75 Å². The zero-order valence-corrected chi connectivity index (χ0v) is 13.0. The van der Waals surface area contributed by atoms with Gasteiger partial charge in [-0.15, -0.1) is 11.8 Å². The number of nitrogens with one attached hydrogen (secondary N) is 1. The number of carbonyl (C=O) groups is 2. The third-order valence-electron chi connectivity index (χ3n) is 3.65. The summed E-state index contributed by atoms with van der Waals surface area (Å²) < 4.78 is 0. The summed E-state index contributed by atoms with van der Waals surface area (Å²) in [6.07, 6.45) is 4.67. The highest BCUT2D eigenvalue weighted by atomic mass is 32.2. The van der Waals surface area contributed by atoms with Crippen LogP contribution in [0.4, 0.5) is 0 Å². The quantitative estimate of drug-likeness (QED) is 0.760. The molecule has 2 N–H and O–H groups in total. The number of carboxylic acid groups (broad SMARTS) is 1. The van der Waals surface area contributed by atoms with Crippen LogP contribution in [0.5, 0.6) is 0 Å². The molecule has 0 spiro atoms. The van der Waals surface area contributed by atoms with Crippen molar-refractivity contribution in [2.24, 2.45) is 0 Å². The van der Waals surface area contributed by atoms with Gasteiger partial charge in [-0.05, 0) is 48.9 Å². The molecule has 1 aliphatic carbocycles. The first-order valence-corrected chi connectivity index (χ1v) is 8.35. The van der Waals surface area contributed by atoms with Crippen molar-refractivity contribution in [1.29, 1.82) is 0 Å². The lowest BCUT2D eigenvalue weighted by Crippen LogP contribution is -2.41. The molecule has 1 aromatic rings. The normalized spacial score (nSPS) is 14.5. The number of benzene rings is 1. The number of carbonyl (C=O) groups excluding carboxylic acids is 1. The maximum absolute atomic E-state index is 11.8. The van der Waals surface area contributed by atoms with Crippen LogP contribution in [0.15, 0.2) is 23.1 Å². The number of thioether (sulfide) groups is 1. The number of hydrogen-bond donors (Lipinski definition) is 2. The van der Waals surface area contributed by atoms with Crippen LogP contribution in [0.2, 0.25) is 0 Å². The fourth-order valence-electron chi connectivity index (χ4n) is 2.57. The maximum Gasteiger partial charge on any atom is 0.326 e. The average molecular weight is 307 g/mol. The van der Waals surface area contributed by atoms with Gasteiger partial charge in [-0.3, -0.25) is 4.79 Å². The van der Waals surface area contributed by atoms with Gasteiger partial charge in [-0.2, -0.15) is 0 Å². The van der Waals surface area contributed by atoms with Crippen molar-refractivity contribution < 1.29 is 14.7 Å². The van der Waals surface area contributed by atoms with Crippen molar-refractivity contribution in [1.82, 2.24) is 5.32 Å². The Morgan fingerprint density at radius 1 is 1.33 bits per heavy atom. The minimum absolute atomic E-state index is 0.221. The molecule has 0 aromatic heterocycles. The van der Waals surface area contributed by atoms with E-state index in [1.807, 2.05) is 13.0 Å². The van der Waals surface area contributed by atoms with E-state index in [-0.39, 0.29) is 11.7 Å². The van der Waals surface area contributed by atoms with Crippen LogP contribution in [0.25, 0.3) is 0 Å². The van der Waals surface area contributed by atoms with Gasteiger partial charge in [0.1, 0.15) is 6.04 Å². The van der Waals surface area contributed by atoms with Gasteiger partial charge in [0.2, 0.25) is 5.91 Å². The Hall–Kier alpha value is -1.49. The molecule has 0 aliphatic heterocycles. The Bertz CT molecular complexity index is 530. The lowest BCUT2D eigenvalue weighted by atomic mass is 10.1. The summed E-state index contributed by atoms with van der Waals surface area (Å²) in [7, 11) is 0. The molecule has 0 saturated carbocycles. The smallest absolute Gasteiger partial charge is 0.326 e. The van der Waals surface area contributed by atoms with Gasteiger partial charge in [-0.1, -0.05) is 19.4 Å². The molecule has 1 atom stereocenters. The lowest BCUT2D eigenvalue weighted by molar-refractivity contribution is -0.141. The number of aryl methyl sites for hydroxylation is 2. The van der Waals surface area contributed by atoms with Crippen LogP contribution in [0.1, 0.15) is 37.3 Å². The Labute approximate surface area is 129 Å². The molecule has 0 radical (unpaired) electrons. The van der Waals surface area contributed by atoms with E-state index in [0.29, 0.717) is 6.42 Å². The van der Waals surface area contributed by atoms with E-state index >= 15 is 0 Å². The second-order valence-electron chi connectivity index (χ2n) is 5.32. The molecule has 2 rings (SSSR count). The highest BCUT2D eigenvalue weighted by Gasteiger charge is 2.19. The second kappa shape index (κ2) is 7.50. The maximum atomic E-state index is 11.8. The van der Waals surface area contributed by atoms with Crippen molar-refractivity contribution in [3.63, 3.8) is 0 Å². The summed E-state index contributed by atoms with van der Waals surface area (Å²) in [5.74, 6) is -0.930. The first-order chi connectivity index (χ1) is 10.1. The van der Waals surface area contributed by atoms with E-state index < -0.39 is 12.0 Å². The molecule has 0 fully saturated rings. The predicted molar refractivity (Wildman–Crippen MR) is 83.7 cm³/mol. The van der Waals surface area contributed by atoms with Gasteiger partial charge < -0.3 is 10.4 Å². The van der Waals surface area contributed by atoms with Crippen LogP contribution in [-0.4, -0.2) is 28.8 Å². The van der Waals surface area contributed by atoms with Crippen LogP contribution < -0.4 is 5.32 Å². The minimum Gasteiger partial charge on any atom is -0.480 e. The van der Waals surface area contributed by atoms with Crippen molar-refractivity contribution in [3.05, 3.63) is 29.3 Å². The van der Waals surface area contributed by atoms with Gasteiger partial charge >= 0.3 is 5.97 Å². The molecular formula is C16H21NO3S. The summed E-state index contributed by atoms with van der Waals surface area (Å²) in [6.45, 7) is 1.90. The zero-order chi connectivity index (χ0) is 15.2. The van der Waals surface area contributed by atoms with Gasteiger partial charge in [0, 0.05) is 4.90 Å². The van der Waals surface area contributed by atoms with Crippen LogP contribution in [-0.2, 0) is 22.4 Å². The standard InChI is InChI=1S/C16H21NO3S/c1-2-4-14(16(19)20)17-15(18)10-21-13-8-7-11-5-3-6-12(11)9-13/h7-9,14H,2-6,10H2,1H3,(H,17,18)(H,19,20)/t14-/m1/s1. The Morgan fingerprint density at radius 2 is 2.10 bits per heavy atom.